The van der Waals surface area contributed by atoms with Crippen molar-refractivity contribution in [3.05, 3.63) is 71.9 Å². The average molecular weight is 424 g/mol. The van der Waals surface area contributed by atoms with E-state index in [4.69, 9.17) is 0 Å². The van der Waals surface area contributed by atoms with Gasteiger partial charge in [-0.25, -0.2) is 8.42 Å². The van der Waals surface area contributed by atoms with Gasteiger partial charge in [0.1, 0.15) is 10.9 Å². The summed E-state index contributed by atoms with van der Waals surface area (Å²) < 4.78 is 29.4. The molecule has 0 aliphatic carbocycles. The highest BCUT2D eigenvalue weighted by Gasteiger charge is 2.31. The van der Waals surface area contributed by atoms with Crippen LogP contribution in [0.15, 0.2) is 65.7 Å². The molecule has 3 aromatic rings. The Balaban J connectivity index is 1.69. The Hall–Kier alpha value is -2.77. The molecule has 156 valence electrons. The number of carbonyl (C=O) groups is 1. The summed E-state index contributed by atoms with van der Waals surface area (Å²) >= 11 is 0. The standard InChI is InChI=1S/C23H25N3O3S/c1-17-12-13-24-22-19(17)10-7-11-21(22)30(28,29)25-20(16-18-8-3-2-4-9-18)23(27)26-14-5-6-15-26/h2-4,7-13,20,25H,5-6,14-16H2,1H3. The topological polar surface area (TPSA) is 79.4 Å². The molecular formula is C23H25N3O3S. The third kappa shape index (κ3) is 4.22. The van der Waals surface area contributed by atoms with E-state index in [-0.39, 0.29) is 10.8 Å². The van der Waals surface area contributed by atoms with E-state index in [0.717, 1.165) is 29.4 Å². The fourth-order valence-electron chi connectivity index (χ4n) is 3.94. The van der Waals surface area contributed by atoms with Crippen LogP contribution in [-0.2, 0) is 21.2 Å². The van der Waals surface area contributed by atoms with Crippen molar-refractivity contribution in [1.82, 2.24) is 14.6 Å². The number of fused-ring (bicyclic) bond motifs is 1. The van der Waals surface area contributed by atoms with Gasteiger partial charge < -0.3 is 4.90 Å². The molecule has 1 saturated heterocycles. The number of aryl methyl sites for hydroxylation is 1. The molecule has 30 heavy (non-hydrogen) atoms. The maximum atomic E-state index is 13.4. The van der Waals surface area contributed by atoms with Crippen LogP contribution in [-0.4, -0.2) is 43.3 Å². The number of pyridine rings is 1. The molecule has 1 atom stereocenters. The summed E-state index contributed by atoms with van der Waals surface area (Å²) in [5, 5.41) is 0.783. The molecule has 0 radical (unpaired) electrons. The van der Waals surface area contributed by atoms with Gasteiger partial charge in [0.05, 0.1) is 5.52 Å². The second kappa shape index (κ2) is 8.53. The molecule has 2 aromatic carbocycles. The highest BCUT2D eigenvalue weighted by molar-refractivity contribution is 7.89. The fraction of sp³-hybridized carbons (Fsp3) is 0.304. The van der Waals surface area contributed by atoms with Crippen LogP contribution in [0.2, 0.25) is 0 Å². The number of nitrogens with one attached hydrogen (secondary N) is 1. The van der Waals surface area contributed by atoms with Crippen LogP contribution in [0.3, 0.4) is 0 Å². The normalized spacial score (nSPS) is 15.4. The zero-order valence-corrected chi connectivity index (χ0v) is 17.7. The summed E-state index contributed by atoms with van der Waals surface area (Å²) in [5.74, 6) is -0.177. The summed E-state index contributed by atoms with van der Waals surface area (Å²) in [5.41, 5.74) is 2.27. The van der Waals surface area contributed by atoms with Gasteiger partial charge in [-0.05, 0) is 49.4 Å². The number of para-hydroxylation sites is 1. The van der Waals surface area contributed by atoms with Gasteiger partial charge in [-0.3, -0.25) is 9.78 Å². The van der Waals surface area contributed by atoms with Crippen LogP contribution in [0.25, 0.3) is 10.9 Å². The lowest BCUT2D eigenvalue weighted by Crippen LogP contribution is -2.48. The average Bonchev–Trinajstić information content (AvgIpc) is 3.28. The first-order valence-corrected chi connectivity index (χ1v) is 11.6. The van der Waals surface area contributed by atoms with Gasteiger partial charge in [0, 0.05) is 24.7 Å². The Kier molecular flexibility index (Phi) is 5.83. The second-order valence-corrected chi connectivity index (χ2v) is 9.36. The second-order valence-electron chi connectivity index (χ2n) is 7.68. The fourth-order valence-corrected chi connectivity index (χ4v) is 5.30. The van der Waals surface area contributed by atoms with Crippen LogP contribution >= 0.6 is 0 Å². The van der Waals surface area contributed by atoms with Crippen LogP contribution in [0, 0.1) is 6.92 Å². The summed E-state index contributed by atoms with van der Waals surface area (Å²) in [7, 11) is -3.96. The molecule has 1 aromatic heterocycles. The van der Waals surface area contributed by atoms with Crippen LogP contribution in [0.1, 0.15) is 24.0 Å². The van der Waals surface area contributed by atoms with E-state index >= 15 is 0 Å². The number of aromatic nitrogens is 1. The number of amides is 1. The Bertz CT molecular complexity index is 1160. The lowest BCUT2D eigenvalue weighted by atomic mass is 10.1. The minimum atomic E-state index is -3.96. The zero-order valence-electron chi connectivity index (χ0n) is 16.9. The lowest BCUT2D eigenvalue weighted by molar-refractivity contribution is -0.131. The molecule has 1 aliphatic rings. The monoisotopic (exact) mass is 423 g/mol. The van der Waals surface area contributed by atoms with Gasteiger partial charge in [0.15, 0.2) is 0 Å². The molecule has 0 spiro atoms. The van der Waals surface area contributed by atoms with Gasteiger partial charge in [-0.15, -0.1) is 0 Å². The van der Waals surface area contributed by atoms with Crippen LogP contribution < -0.4 is 4.72 Å². The summed E-state index contributed by atoms with van der Waals surface area (Å²) in [6.07, 6.45) is 3.80. The van der Waals surface area contributed by atoms with E-state index in [9.17, 15) is 13.2 Å². The Labute approximate surface area is 177 Å². The van der Waals surface area contributed by atoms with Crippen LogP contribution in [0.5, 0.6) is 0 Å². The first-order chi connectivity index (χ1) is 14.5. The zero-order chi connectivity index (χ0) is 21.1. The van der Waals surface area contributed by atoms with Crippen molar-refractivity contribution in [2.24, 2.45) is 0 Å². The molecule has 1 unspecified atom stereocenters. The van der Waals surface area contributed by atoms with E-state index in [1.807, 2.05) is 49.4 Å². The van der Waals surface area contributed by atoms with Gasteiger partial charge in [0.2, 0.25) is 15.9 Å². The van der Waals surface area contributed by atoms with Crippen molar-refractivity contribution in [1.29, 1.82) is 0 Å². The maximum absolute atomic E-state index is 13.4. The van der Waals surface area contributed by atoms with E-state index in [1.54, 1.807) is 17.2 Å². The molecule has 1 fully saturated rings. The molecule has 4 rings (SSSR count). The molecule has 2 heterocycles. The third-order valence-electron chi connectivity index (χ3n) is 5.54. The Morgan fingerprint density at radius 1 is 1.07 bits per heavy atom. The van der Waals surface area contributed by atoms with Crippen molar-refractivity contribution >= 4 is 26.8 Å². The predicted molar refractivity (Wildman–Crippen MR) is 117 cm³/mol. The minimum Gasteiger partial charge on any atom is -0.341 e. The SMILES string of the molecule is Cc1ccnc2c(S(=O)(=O)NC(Cc3ccccc3)C(=O)N3CCCC3)cccc12. The van der Waals surface area contributed by atoms with Gasteiger partial charge in [-0.1, -0.05) is 42.5 Å². The lowest BCUT2D eigenvalue weighted by Gasteiger charge is -2.24. The molecular weight excluding hydrogens is 398 g/mol. The largest absolute Gasteiger partial charge is 0.341 e. The molecule has 0 saturated carbocycles. The van der Waals surface area contributed by atoms with Crippen LogP contribution in [0.4, 0.5) is 0 Å². The van der Waals surface area contributed by atoms with E-state index in [1.165, 1.54) is 6.07 Å². The first-order valence-electron chi connectivity index (χ1n) is 10.1. The van der Waals surface area contributed by atoms with Crippen molar-refractivity contribution in [2.75, 3.05) is 13.1 Å². The number of hydrogen-bond donors (Lipinski definition) is 1. The molecule has 6 nitrogen and oxygen atoms in total. The number of nitrogens with zero attached hydrogens (tertiary/aromatic N) is 2. The number of benzene rings is 2. The molecule has 1 N–H and O–H groups in total. The molecule has 1 amide bonds. The van der Waals surface area contributed by atoms with Gasteiger partial charge in [-0.2, -0.15) is 4.72 Å². The minimum absolute atomic E-state index is 0.0935. The Morgan fingerprint density at radius 3 is 2.53 bits per heavy atom. The highest BCUT2D eigenvalue weighted by atomic mass is 32.2. The first kappa shape index (κ1) is 20.5. The number of rotatable bonds is 6. The van der Waals surface area contributed by atoms with Crippen molar-refractivity contribution in [2.45, 2.75) is 37.1 Å². The van der Waals surface area contributed by atoms with E-state index in [0.29, 0.717) is 25.0 Å². The number of hydrogen-bond acceptors (Lipinski definition) is 4. The highest BCUT2D eigenvalue weighted by Crippen LogP contribution is 2.24. The van der Waals surface area contributed by atoms with Gasteiger partial charge >= 0.3 is 0 Å². The summed E-state index contributed by atoms with van der Waals surface area (Å²) in [4.78, 5) is 19.3. The van der Waals surface area contributed by atoms with E-state index < -0.39 is 16.1 Å². The number of likely N-dealkylation sites (tertiary alicyclic amines) is 1. The summed E-state index contributed by atoms with van der Waals surface area (Å²) in [6.45, 7) is 3.25. The van der Waals surface area contributed by atoms with Crippen molar-refractivity contribution in [3.8, 4) is 0 Å². The molecule has 0 bridgehead atoms. The van der Waals surface area contributed by atoms with Gasteiger partial charge in [0.25, 0.3) is 0 Å². The quantitative estimate of drug-likeness (QED) is 0.661. The van der Waals surface area contributed by atoms with Crippen molar-refractivity contribution in [3.63, 3.8) is 0 Å². The third-order valence-corrected chi connectivity index (χ3v) is 7.04. The smallest absolute Gasteiger partial charge is 0.243 e. The predicted octanol–water partition coefficient (Wildman–Crippen LogP) is 3.06. The summed E-state index contributed by atoms with van der Waals surface area (Å²) in [6, 6.07) is 15.6. The number of carbonyl (C=O) groups excluding carboxylic acids is 1. The Morgan fingerprint density at radius 2 is 1.80 bits per heavy atom. The van der Waals surface area contributed by atoms with E-state index in [2.05, 4.69) is 9.71 Å². The maximum Gasteiger partial charge on any atom is 0.243 e. The molecule has 7 heteroatoms. The molecule has 1 aliphatic heterocycles. The number of sulfonamides is 1. The van der Waals surface area contributed by atoms with Crippen molar-refractivity contribution < 1.29 is 13.2 Å².